The molecule has 1 N–H and O–H groups in total. The molecule has 0 aliphatic carbocycles. The summed E-state index contributed by atoms with van der Waals surface area (Å²) in [5, 5.41) is 2.79. The molecular formula is C29H35NO9. The van der Waals surface area contributed by atoms with E-state index in [0.29, 0.717) is 36.3 Å². The normalized spacial score (nSPS) is 11.6. The first kappa shape index (κ1) is 32.7. The number of nitrogens with one attached hydrogen (secondary N) is 1. The van der Waals surface area contributed by atoms with Crippen LogP contribution in [0.2, 0.25) is 0 Å². The van der Waals surface area contributed by atoms with E-state index in [1.165, 1.54) is 6.92 Å². The van der Waals surface area contributed by atoms with Gasteiger partial charge >= 0.3 is 18.1 Å². The summed E-state index contributed by atoms with van der Waals surface area (Å²) < 4.78 is 16.1. The minimum atomic E-state index is -1.07. The van der Waals surface area contributed by atoms with Crippen LogP contribution in [0.3, 0.4) is 0 Å². The van der Waals surface area contributed by atoms with Crippen LogP contribution >= 0.6 is 0 Å². The van der Waals surface area contributed by atoms with E-state index in [9.17, 15) is 19.2 Å². The molecule has 0 aliphatic rings. The third-order valence-corrected chi connectivity index (χ3v) is 5.68. The summed E-state index contributed by atoms with van der Waals surface area (Å²) in [6, 6.07) is 14.0. The van der Waals surface area contributed by atoms with Gasteiger partial charge in [-0.05, 0) is 68.1 Å². The molecule has 2 aromatic rings. The summed E-state index contributed by atoms with van der Waals surface area (Å²) in [7, 11) is 0. The number of carbonyl (C=O) groups is 4. The van der Waals surface area contributed by atoms with E-state index in [1.807, 2.05) is 31.2 Å². The van der Waals surface area contributed by atoms with Crippen LogP contribution in [0.5, 0.6) is 11.5 Å². The molecule has 1 unspecified atom stereocenters. The van der Waals surface area contributed by atoms with E-state index in [0.717, 1.165) is 5.56 Å². The van der Waals surface area contributed by atoms with Crippen molar-refractivity contribution in [2.24, 2.45) is 5.92 Å². The van der Waals surface area contributed by atoms with Crippen molar-refractivity contribution >= 4 is 29.8 Å². The van der Waals surface area contributed by atoms with Gasteiger partial charge in [-0.25, -0.2) is 4.79 Å². The highest BCUT2D eigenvalue weighted by Gasteiger charge is 2.38. The summed E-state index contributed by atoms with van der Waals surface area (Å²) in [5.41, 5.74) is 0.338. The predicted molar refractivity (Wildman–Crippen MR) is 140 cm³/mol. The third-order valence-electron chi connectivity index (χ3n) is 5.68. The topological polar surface area (TPSA) is 142 Å². The van der Waals surface area contributed by atoms with E-state index in [-0.39, 0.29) is 37.0 Å². The number of rotatable bonds is 13. The Hall–Kier alpha value is -4.30. The number of benzene rings is 2. The number of ketones is 1. The molecule has 1 atom stereocenters. The van der Waals surface area contributed by atoms with Crippen LogP contribution < -0.4 is 10.1 Å². The van der Waals surface area contributed by atoms with Crippen LogP contribution in [0.15, 0.2) is 48.5 Å². The molecule has 0 heterocycles. The number of hydrogen-bond donors (Lipinski definition) is 1. The van der Waals surface area contributed by atoms with E-state index >= 15 is 0 Å². The lowest BCUT2D eigenvalue weighted by molar-refractivity contribution is -0.191. The molecule has 10 heteroatoms. The van der Waals surface area contributed by atoms with Gasteiger partial charge in [0.1, 0.15) is 17.0 Å². The Morgan fingerprint density at radius 1 is 0.897 bits per heavy atom. The second-order valence-corrected chi connectivity index (χ2v) is 8.88. The molecule has 39 heavy (non-hydrogen) atoms. The predicted octanol–water partition coefficient (Wildman–Crippen LogP) is 4.06. The van der Waals surface area contributed by atoms with Gasteiger partial charge in [-0.1, -0.05) is 32.9 Å². The van der Waals surface area contributed by atoms with Gasteiger partial charge in [0.05, 0.1) is 12.5 Å². The van der Waals surface area contributed by atoms with Crippen molar-refractivity contribution in [2.75, 3.05) is 13.2 Å². The van der Waals surface area contributed by atoms with Gasteiger partial charge in [-0.3, -0.25) is 14.4 Å². The zero-order valence-corrected chi connectivity index (χ0v) is 22.9. The molecular weight excluding hydrogens is 506 g/mol. The lowest BCUT2D eigenvalue weighted by Crippen LogP contribution is -2.54. The fraction of sp³-hybridized carbons (Fsp3) is 0.414. The SMILES string of the molecule is CCOC(=O)C(CC)(CCc1ccc(Oc2ccc(C(=O)COC(=O)C(C)C)cc2)cc1)NC(C)=O.O=C=O. The molecule has 10 nitrogen and oxygen atoms in total. The first-order valence-corrected chi connectivity index (χ1v) is 12.5. The Morgan fingerprint density at radius 2 is 1.44 bits per heavy atom. The zero-order chi connectivity index (χ0) is 29.4. The Labute approximate surface area is 228 Å². The van der Waals surface area contributed by atoms with Crippen LogP contribution in [0, 0.1) is 5.92 Å². The van der Waals surface area contributed by atoms with Crippen molar-refractivity contribution in [3.63, 3.8) is 0 Å². The van der Waals surface area contributed by atoms with Gasteiger partial charge in [0, 0.05) is 12.5 Å². The molecule has 0 bridgehead atoms. The van der Waals surface area contributed by atoms with Crippen molar-refractivity contribution in [3.8, 4) is 11.5 Å². The standard InChI is InChI=1S/C28H35NO7.CO2/c1-6-28(29-20(5)30,27(33)34-7-2)17-16-21-8-12-23(13-9-21)36-24-14-10-22(11-15-24)25(31)18-35-26(32)19(3)4;2-1-3/h8-15,19H,6-7,16-18H2,1-5H3,(H,29,30);. The molecule has 0 saturated heterocycles. The quantitative estimate of drug-likeness (QED) is 0.293. The second kappa shape index (κ2) is 16.5. The monoisotopic (exact) mass is 541 g/mol. The van der Waals surface area contributed by atoms with Crippen molar-refractivity contribution in [3.05, 3.63) is 59.7 Å². The highest BCUT2D eigenvalue weighted by atomic mass is 16.5. The molecule has 210 valence electrons. The number of hydrogen-bond acceptors (Lipinski definition) is 9. The Balaban J connectivity index is 0.00000242. The second-order valence-electron chi connectivity index (χ2n) is 8.88. The van der Waals surface area contributed by atoms with Gasteiger partial charge < -0.3 is 19.5 Å². The Morgan fingerprint density at radius 3 is 1.90 bits per heavy atom. The fourth-order valence-electron chi connectivity index (χ4n) is 3.54. The van der Waals surface area contributed by atoms with Crippen molar-refractivity contribution in [1.82, 2.24) is 5.32 Å². The number of esters is 2. The lowest BCUT2D eigenvalue weighted by atomic mass is 9.88. The molecule has 0 saturated carbocycles. The first-order valence-electron chi connectivity index (χ1n) is 12.5. The van der Waals surface area contributed by atoms with Gasteiger partial charge in [0.25, 0.3) is 0 Å². The summed E-state index contributed by atoms with van der Waals surface area (Å²) in [4.78, 5) is 64.3. The minimum Gasteiger partial charge on any atom is -0.464 e. The minimum absolute atomic E-state index is 0.243. The van der Waals surface area contributed by atoms with Gasteiger partial charge in [0.15, 0.2) is 12.4 Å². The summed E-state index contributed by atoms with van der Waals surface area (Å²) in [5.74, 6) is -0.535. The lowest BCUT2D eigenvalue weighted by Gasteiger charge is -2.31. The summed E-state index contributed by atoms with van der Waals surface area (Å²) in [6.07, 6.45) is 1.64. The van der Waals surface area contributed by atoms with E-state index in [4.69, 9.17) is 23.8 Å². The molecule has 2 aromatic carbocycles. The molecule has 0 fully saturated rings. The summed E-state index contributed by atoms with van der Waals surface area (Å²) in [6.45, 7) is 8.34. The van der Waals surface area contributed by atoms with Crippen molar-refractivity contribution in [2.45, 2.75) is 59.4 Å². The molecule has 0 aromatic heterocycles. The number of ether oxygens (including phenoxy) is 3. The fourth-order valence-corrected chi connectivity index (χ4v) is 3.54. The third kappa shape index (κ3) is 10.9. The van der Waals surface area contributed by atoms with Crippen LogP contribution in [-0.2, 0) is 39.9 Å². The number of aryl methyl sites for hydroxylation is 1. The van der Waals surface area contributed by atoms with Crippen LogP contribution in [-0.4, -0.2) is 48.5 Å². The Bertz CT molecular complexity index is 1130. The average molecular weight is 542 g/mol. The van der Waals surface area contributed by atoms with Crippen LogP contribution in [0.1, 0.15) is 63.4 Å². The summed E-state index contributed by atoms with van der Waals surface area (Å²) >= 11 is 0. The maximum Gasteiger partial charge on any atom is 0.373 e. The molecule has 0 radical (unpaired) electrons. The molecule has 1 amide bonds. The van der Waals surface area contributed by atoms with Crippen molar-refractivity contribution < 1.29 is 43.0 Å². The van der Waals surface area contributed by atoms with Crippen LogP contribution in [0.25, 0.3) is 0 Å². The smallest absolute Gasteiger partial charge is 0.373 e. The van der Waals surface area contributed by atoms with Crippen LogP contribution in [0.4, 0.5) is 0 Å². The van der Waals surface area contributed by atoms with E-state index < -0.39 is 17.5 Å². The van der Waals surface area contributed by atoms with E-state index in [2.05, 4.69) is 5.32 Å². The largest absolute Gasteiger partial charge is 0.464 e. The molecule has 0 aliphatic heterocycles. The maximum absolute atomic E-state index is 12.6. The van der Waals surface area contributed by atoms with Crippen molar-refractivity contribution in [1.29, 1.82) is 0 Å². The number of carbonyl (C=O) groups excluding carboxylic acids is 6. The van der Waals surface area contributed by atoms with Gasteiger partial charge in [-0.2, -0.15) is 9.59 Å². The number of amides is 1. The molecule has 0 spiro atoms. The Kier molecular flexibility index (Phi) is 13.9. The maximum atomic E-state index is 12.6. The van der Waals surface area contributed by atoms with E-state index in [1.54, 1.807) is 45.0 Å². The highest BCUT2D eigenvalue weighted by Crippen LogP contribution is 2.25. The van der Waals surface area contributed by atoms with Gasteiger partial charge in [-0.15, -0.1) is 0 Å². The number of Topliss-reactive ketones (excluding diaryl/α,β-unsaturated/α-hetero) is 1. The van der Waals surface area contributed by atoms with Gasteiger partial charge in [0.2, 0.25) is 5.91 Å². The average Bonchev–Trinajstić information content (AvgIpc) is 2.91. The molecule has 2 rings (SSSR count). The zero-order valence-electron chi connectivity index (χ0n) is 22.9. The first-order chi connectivity index (χ1) is 18.5. The highest BCUT2D eigenvalue weighted by molar-refractivity contribution is 5.98.